The molecule has 7 heteroatoms. The van der Waals surface area contributed by atoms with Gasteiger partial charge in [0.25, 0.3) is 0 Å². The lowest BCUT2D eigenvalue weighted by Gasteiger charge is -2.30. The summed E-state index contributed by atoms with van der Waals surface area (Å²) in [6.07, 6.45) is 0. The van der Waals surface area contributed by atoms with Crippen molar-refractivity contribution in [2.45, 2.75) is 13.0 Å². The quantitative estimate of drug-likeness (QED) is 0.750. The number of carbonyl (C=O) groups is 2. The molecule has 2 amide bonds. The lowest BCUT2D eigenvalue weighted by molar-refractivity contribution is -0.138. The summed E-state index contributed by atoms with van der Waals surface area (Å²) in [4.78, 5) is 25.3. The Kier molecular flexibility index (Phi) is 5.84. The molecule has 28 heavy (non-hydrogen) atoms. The van der Waals surface area contributed by atoms with E-state index in [1.54, 1.807) is 32.2 Å². The highest BCUT2D eigenvalue weighted by Crippen LogP contribution is 2.37. The summed E-state index contributed by atoms with van der Waals surface area (Å²) in [6.45, 7) is 1.94. The summed E-state index contributed by atoms with van der Waals surface area (Å²) in [5.74, 6) is 0.569. The summed E-state index contributed by atoms with van der Waals surface area (Å²) < 4.78 is 16.1. The topological polar surface area (TPSA) is 85.9 Å². The van der Waals surface area contributed by atoms with Crippen LogP contribution in [0, 0.1) is 0 Å². The van der Waals surface area contributed by atoms with E-state index in [0.717, 1.165) is 0 Å². The van der Waals surface area contributed by atoms with Crippen LogP contribution in [0.1, 0.15) is 24.1 Å². The van der Waals surface area contributed by atoms with Gasteiger partial charge in [0.05, 0.1) is 38.1 Å². The normalized spacial score (nSPS) is 16.1. The number of amides is 2. The molecule has 0 fully saturated rings. The molecular formula is C21H22N2O5. The molecule has 0 saturated heterocycles. The van der Waals surface area contributed by atoms with E-state index in [0.29, 0.717) is 33.9 Å². The van der Waals surface area contributed by atoms with Crippen LogP contribution < -0.4 is 20.1 Å². The summed E-state index contributed by atoms with van der Waals surface area (Å²) >= 11 is 0. The van der Waals surface area contributed by atoms with Gasteiger partial charge in [-0.2, -0.15) is 0 Å². The second-order valence-electron chi connectivity index (χ2n) is 6.01. The van der Waals surface area contributed by atoms with Crippen molar-refractivity contribution < 1.29 is 23.8 Å². The predicted octanol–water partition coefficient (Wildman–Crippen LogP) is 3.03. The Morgan fingerprint density at radius 1 is 1.07 bits per heavy atom. The maximum Gasteiger partial charge on any atom is 0.338 e. The zero-order valence-electron chi connectivity index (χ0n) is 15.9. The number of carbonyl (C=O) groups excluding carboxylic acids is 2. The summed E-state index contributed by atoms with van der Waals surface area (Å²) in [7, 11) is 3.07. The van der Waals surface area contributed by atoms with Crippen molar-refractivity contribution in [3.63, 3.8) is 0 Å². The highest BCUT2D eigenvalue weighted by molar-refractivity contribution is 6.04. The van der Waals surface area contributed by atoms with Crippen molar-refractivity contribution in [2.75, 3.05) is 20.8 Å². The number of benzene rings is 2. The van der Waals surface area contributed by atoms with Crippen LogP contribution >= 0.6 is 0 Å². The first-order valence-corrected chi connectivity index (χ1v) is 8.85. The molecular weight excluding hydrogens is 360 g/mol. The van der Waals surface area contributed by atoms with Crippen LogP contribution in [-0.2, 0) is 9.53 Å². The number of nitrogens with one attached hydrogen (secondary N) is 2. The third kappa shape index (κ3) is 3.78. The standard InChI is InChI=1S/C21H22N2O5/c1-4-28-20(24)17-18(13-8-6-5-7-9-13)22-21(25)23-19(17)15-12-14(26-2)10-11-16(15)27-3/h5-12,19H,4H2,1-3H3,(H2,22,23,25)/t19-/m1/s1. The summed E-state index contributed by atoms with van der Waals surface area (Å²) in [5, 5.41) is 5.55. The first-order valence-electron chi connectivity index (χ1n) is 8.85. The summed E-state index contributed by atoms with van der Waals surface area (Å²) in [6, 6.07) is 13.2. The second-order valence-corrected chi connectivity index (χ2v) is 6.01. The van der Waals surface area contributed by atoms with E-state index in [1.165, 1.54) is 7.11 Å². The van der Waals surface area contributed by atoms with E-state index in [9.17, 15) is 9.59 Å². The third-order valence-corrected chi connectivity index (χ3v) is 4.38. The number of hydrogen-bond acceptors (Lipinski definition) is 5. The van der Waals surface area contributed by atoms with Gasteiger partial charge in [-0.15, -0.1) is 0 Å². The second kappa shape index (κ2) is 8.47. The molecule has 146 valence electrons. The molecule has 3 rings (SSSR count). The van der Waals surface area contributed by atoms with Gasteiger partial charge in [-0.3, -0.25) is 0 Å². The molecule has 2 N–H and O–H groups in total. The smallest absolute Gasteiger partial charge is 0.338 e. The van der Waals surface area contributed by atoms with Gasteiger partial charge in [-0.1, -0.05) is 30.3 Å². The SMILES string of the molecule is CCOC(=O)C1=C(c2ccccc2)NC(=O)N[C@@H]1c1cc(OC)ccc1OC. The average molecular weight is 382 g/mol. The van der Waals surface area contributed by atoms with E-state index >= 15 is 0 Å². The molecule has 1 aliphatic rings. The van der Waals surface area contributed by atoms with Gasteiger partial charge >= 0.3 is 12.0 Å². The zero-order valence-corrected chi connectivity index (χ0v) is 15.9. The molecule has 0 aromatic heterocycles. The molecule has 0 unspecified atom stereocenters. The fourth-order valence-corrected chi connectivity index (χ4v) is 3.12. The van der Waals surface area contributed by atoms with Crippen LogP contribution in [0.2, 0.25) is 0 Å². The van der Waals surface area contributed by atoms with E-state index in [1.807, 2.05) is 30.3 Å². The van der Waals surface area contributed by atoms with Crippen LogP contribution in [0.5, 0.6) is 11.5 Å². The number of esters is 1. The minimum atomic E-state index is -0.770. The van der Waals surface area contributed by atoms with Crippen LogP contribution in [0.4, 0.5) is 4.79 Å². The van der Waals surface area contributed by atoms with E-state index in [4.69, 9.17) is 14.2 Å². The highest BCUT2D eigenvalue weighted by Gasteiger charge is 2.36. The first kappa shape index (κ1) is 19.3. The Labute approximate surface area is 163 Å². The van der Waals surface area contributed by atoms with Gasteiger partial charge in [-0.25, -0.2) is 9.59 Å². The van der Waals surface area contributed by atoms with E-state index in [-0.39, 0.29) is 6.61 Å². The van der Waals surface area contributed by atoms with Crippen molar-refractivity contribution in [3.05, 3.63) is 65.2 Å². The molecule has 2 aromatic carbocycles. The van der Waals surface area contributed by atoms with Crippen LogP contribution in [0.25, 0.3) is 5.70 Å². The lowest BCUT2D eigenvalue weighted by Crippen LogP contribution is -2.45. The fraction of sp³-hybridized carbons (Fsp3) is 0.238. The van der Waals surface area contributed by atoms with Gasteiger partial charge in [0.1, 0.15) is 11.5 Å². The molecule has 2 aromatic rings. The van der Waals surface area contributed by atoms with E-state index in [2.05, 4.69) is 10.6 Å². The van der Waals surface area contributed by atoms with Gasteiger partial charge in [0, 0.05) is 5.56 Å². The van der Waals surface area contributed by atoms with Crippen molar-refractivity contribution in [1.82, 2.24) is 10.6 Å². The van der Waals surface area contributed by atoms with Gasteiger partial charge in [0.15, 0.2) is 0 Å². The number of ether oxygens (including phenoxy) is 3. The van der Waals surface area contributed by atoms with Crippen molar-refractivity contribution in [2.24, 2.45) is 0 Å². The molecule has 0 saturated carbocycles. The Morgan fingerprint density at radius 3 is 2.46 bits per heavy atom. The molecule has 0 spiro atoms. The molecule has 1 heterocycles. The minimum Gasteiger partial charge on any atom is -0.497 e. The molecule has 0 aliphatic carbocycles. The first-order chi connectivity index (χ1) is 13.6. The number of urea groups is 1. The highest BCUT2D eigenvalue weighted by atomic mass is 16.5. The molecule has 1 aliphatic heterocycles. The maximum absolute atomic E-state index is 12.9. The minimum absolute atomic E-state index is 0.209. The van der Waals surface area contributed by atoms with Crippen LogP contribution in [0.15, 0.2) is 54.1 Å². The molecule has 7 nitrogen and oxygen atoms in total. The number of methoxy groups -OCH3 is 2. The largest absolute Gasteiger partial charge is 0.497 e. The maximum atomic E-state index is 12.9. The molecule has 0 radical (unpaired) electrons. The fourth-order valence-electron chi connectivity index (χ4n) is 3.12. The zero-order chi connectivity index (χ0) is 20.1. The Hall–Kier alpha value is -3.48. The van der Waals surface area contributed by atoms with Crippen LogP contribution in [-0.4, -0.2) is 32.8 Å². The van der Waals surface area contributed by atoms with Gasteiger partial charge in [0.2, 0.25) is 0 Å². The predicted molar refractivity (Wildman–Crippen MR) is 104 cm³/mol. The van der Waals surface area contributed by atoms with Crippen molar-refractivity contribution >= 4 is 17.7 Å². The third-order valence-electron chi connectivity index (χ3n) is 4.38. The van der Waals surface area contributed by atoms with Gasteiger partial charge in [-0.05, 0) is 30.7 Å². The lowest BCUT2D eigenvalue weighted by atomic mass is 9.92. The Morgan fingerprint density at radius 2 is 1.82 bits per heavy atom. The van der Waals surface area contributed by atoms with Crippen molar-refractivity contribution in [1.29, 1.82) is 0 Å². The molecule has 1 atom stereocenters. The van der Waals surface area contributed by atoms with Crippen LogP contribution in [0.3, 0.4) is 0 Å². The Bertz CT molecular complexity index is 908. The number of rotatable bonds is 6. The average Bonchev–Trinajstić information content (AvgIpc) is 2.73. The van der Waals surface area contributed by atoms with Crippen molar-refractivity contribution in [3.8, 4) is 11.5 Å². The van der Waals surface area contributed by atoms with E-state index < -0.39 is 18.0 Å². The van der Waals surface area contributed by atoms with Gasteiger partial charge < -0.3 is 24.8 Å². The Balaban J connectivity index is 2.23. The molecule has 0 bridgehead atoms. The number of hydrogen-bond donors (Lipinski definition) is 2. The summed E-state index contributed by atoms with van der Waals surface area (Å²) in [5.41, 5.74) is 1.98. The monoisotopic (exact) mass is 382 g/mol.